The minimum absolute atomic E-state index is 0.272. The molecule has 1 aromatic rings. The Bertz CT molecular complexity index is 550. The molecular weight excluding hydrogens is 258 g/mol. The first-order chi connectivity index (χ1) is 10.3. The van der Waals surface area contributed by atoms with E-state index in [-0.39, 0.29) is 5.91 Å². The molecule has 0 radical (unpaired) electrons. The highest BCUT2D eigenvalue weighted by Gasteiger charge is 2.33. The standard InChI is InChI=1S/C19H25NO/c21-19(17-9-8-14-6-3-7-16(14)12-17)20-11-10-15-4-1-2-5-18(15)13-20/h8-9,12,15,18H,1-7,10-11,13H2/t15-,18+/m1/s1. The molecule has 0 spiro atoms. The number of hydrogen-bond acceptors (Lipinski definition) is 1. The quantitative estimate of drug-likeness (QED) is 0.767. The fourth-order valence-electron chi connectivity index (χ4n) is 4.67. The number of likely N-dealkylation sites (tertiary alicyclic amines) is 1. The van der Waals surface area contributed by atoms with Crippen LogP contribution in [0.5, 0.6) is 0 Å². The van der Waals surface area contributed by atoms with Crippen LogP contribution < -0.4 is 0 Å². The van der Waals surface area contributed by atoms with E-state index in [0.29, 0.717) is 0 Å². The summed E-state index contributed by atoms with van der Waals surface area (Å²) < 4.78 is 0. The van der Waals surface area contributed by atoms with Gasteiger partial charge in [0.1, 0.15) is 0 Å². The minimum Gasteiger partial charge on any atom is -0.338 e. The Hall–Kier alpha value is -1.31. The average Bonchev–Trinajstić information content (AvgIpc) is 3.01. The molecule has 0 aromatic heterocycles. The maximum atomic E-state index is 12.8. The molecule has 112 valence electrons. The molecule has 0 N–H and O–H groups in total. The Kier molecular flexibility index (Phi) is 3.48. The first-order valence-electron chi connectivity index (χ1n) is 8.72. The van der Waals surface area contributed by atoms with Crippen molar-refractivity contribution < 1.29 is 4.79 Å². The lowest BCUT2D eigenvalue weighted by Gasteiger charge is -2.41. The second-order valence-corrected chi connectivity index (χ2v) is 7.18. The summed E-state index contributed by atoms with van der Waals surface area (Å²) in [4.78, 5) is 14.9. The van der Waals surface area contributed by atoms with Gasteiger partial charge in [-0.25, -0.2) is 0 Å². The normalized spacial score (nSPS) is 28.1. The summed E-state index contributed by atoms with van der Waals surface area (Å²) in [5, 5.41) is 0. The number of amides is 1. The minimum atomic E-state index is 0.272. The zero-order valence-electron chi connectivity index (χ0n) is 12.8. The molecule has 4 rings (SSSR count). The Morgan fingerprint density at radius 1 is 0.952 bits per heavy atom. The number of fused-ring (bicyclic) bond motifs is 2. The van der Waals surface area contributed by atoms with Crippen LogP contribution in [0.25, 0.3) is 0 Å². The van der Waals surface area contributed by atoms with Crippen molar-refractivity contribution in [1.82, 2.24) is 4.90 Å². The summed E-state index contributed by atoms with van der Waals surface area (Å²) in [6.45, 7) is 1.97. The van der Waals surface area contributed by atoms with Crippen molar-refractivity contribution in [2.45, 2.75) is 51.4 Å². The van der Waals surface area contributed by atoms with Crippen LogP contribution in [0.1, 0.15) is 60.0 Å². The third-order valence-electron chi connectivity index (χ3n) is 5.92. The lowest BCUT2D eigenvalue weighted by Crippen LogP contribution is -2.44. The van der Waals surface area contributed by atoms with Crippen molar-refractivity contribution in [1.29, 1.82) is 0 Å². The number of nitrogens with zero attached hydrogens (tertiary/aromatic N) is 1. The molecule has 2 atom stereocenters. The van der Waals surface area contributed by atoms with Crippen LogP contribution in [0.3, 0.4) is 0 Å². The van der Waals surface area contributed by atoms with Gasteiger partial charge < -0.3 is 4.90 Å². The van der Waals surface area contributed by atoms with Crippen molar-refractivity contribution in [2.75, 3.05) is 13.1 Å². The van der Waals surface area contributed by atoms with E-state index in [2.05, 4.69) is 23.1 Å². The molecule has 21 heavy (non-hydrogen) atoms. The van der Waals surface area contributed by atoms with Crippen LogP contribution in [0.2, 0.25) is 0 Å². The first kappa shape index (κ1) is 13.4. The van der Waals surface area contributed by atoms with Gasteiger partial charge in [0, 0.05) is 18.7 Å². The summed E-state index contributed by atoms with van der Waals surface area (Å²) in [7, 11) is 0. The highest BCUT2D eigenvalue weighted by atomic mass is 16.2. The average molecular weight is 283 g/mol. The van der Waals surface area contributed by atoms with E-state index in [1.165, 1.54) is 56.1 Å². The Labute approximate surface area is 127 Å². The molecule has 2 heteroatoms. The van der Waals surface area contributed by atoms with Crippen LogP contribution in [-0.2, 0) is 12.8 Å². The second kappa shape index (κ2) is 5.47. The molecular formula is C19H25NO. The zero-order chi connectivity index (χ0) is 14.2. The van der Waals surface area contributed by atoms with Gasteiger partial charge in [-0.15, -0.1) is 0 Å². The largest absolute Gasteiger partial charge is 0.338 e. The highest BCUT2D eigenvalue weighted by Crippen LogP contribution is 2.36. The summed E-state index contributed by atoms with van der Waals surface area (Å²) in [5.41, 5.74) is 3.79. The summed E-state index contributed by atoms with van der Waals surface area (Å²) >= 11 is 0. The highest BCUT2D eigenvalue weighted by molar-refractivity contribution is 5.94. The predicted octanol–water partition coefficient (Wildman–Crippen LogP) is 3.83. The van der Waals surface area contributed by atoms with E-state index in [1.54, 1.807) is 0 Å². The van der Waals surface area contributed by atoms with Gasteiger partial charge in [-0.1, -0.05) is 25.3 Å². The lowest BCUT2D eigenvalue weighted by atomic mass is 9.75. The van der Waals surface area contributed by atoms with E-state index in [9.17, 15) is 4.79 Å². The van der Waals surface area contributed by atoms with Gasteiger partial charge in [0.15, 0.2) is 0 Å². The van der Waals surface area contributed by atoms with Gasteiger partial charge in [-0.2, -0.15) is 0 Å². The number of piperidine rings is 1. The van der Waals surface area contributed by atoms with Gasteiger partial charge in [0.25, 0.3) is 5.91 Å². The molecule has 1 aliphatic heterocycles. The Balaban J connectivity index is 1.49. The van der Waals surface area contributed by atoms with Crippen molar-refractivity contribution in [2.24, 2.45) is 11.8 Å². The topological polar surface area (TPSA) is 20.3 Å². The van der Waals surface area contributed by atoms with E-state index in [0.717, 1.165) is 36.9 Å². The fraction of sp³-hybridized carbons (Fsp3) is 0.632. The van der Waals surface area contributed by atoms with Crippen molar-refractivity contribution in [3.63, 3.8) is 0 Å². The SMILES string of the molecule is O=C(c1ccc2c(c1)CCC2)N1CC[C@H]2CCCC[C@H]2C1. The van der Waals surface area contributed by atoms with E-state index < -0.39 is 0 Å². The predicted molar refractivity (Wildman–Crippen MR) is 84.4 cm³/mol. The molecule has 1 aromatic carbocycles. The zero-order valence-corrected chi connectivity index (χ0v) is 12.8. The number of rotatable bonds is 1. The van der Waals surface area contributed by atoms with Crippen LogP contribution in [0.15, 0.2) is 18.2 Å². The van der Waals surface area contributed by atoms with Crippen LogP contribution >= 0.6 is 0 Å². The second-order valence-electron chi connectivity index (χ2n) is 7.18. The van der Waals surface area contributed by atoms with Crippen LogP contribution in [0.4, 0.5) is 0 Å². The van der Waals surface area contributed by atoms with Crippen LogP contribution in [-0.4, -0.2) is 23.9 Å². The monoisotopic (exact) mass is 283 g/mol. The molecule has 1 saturated heterocycles. The fourth-order valence-corrected chi connectivity index (χ4v) is 4.67. The number of aryl methyl sites for hydroxylation is 2. The number of carbonyl (C=O) groups is 1. The summed E-state index contributed by atoms with van der Waals surface area (Å²) in [6.07, 6.45) is 10.3. The maximum Gasteiger partial charge on any atom is 0.253 e. The van der Waals surface area contributed by atoms with E-state index >= 15 is 0 Å². The van der Waals surface area contributed by atoms with Gasteiger partial charge in [0.2, 0.25) is 0 Å². The lowest BCUT2D eigenvalue weighted by molar-refractivity contribution is 0.0521. The molecule has 1 saturated carbocycles. The molecule has 2 fully saturated rings. The first-order valence-corrected chi connectivity index (χ1v) is 8.72. The molecule has 2 aliphatic carbocycles. The van der Waals surface area contributed by atoms with Gasteiger partial charge in [-0.3, -0.25) is 4.79 Å². The van der Waals surface area contributed by atoms with Gasteiger partial charge in [0.05, 0.1) is 0 Å². The molecule has 1 heterocycles. The molecule has 1 amide bonds. The third kappa shape index (κ3) is 2.49. The Morgan fingerprint density at radius 3 is 2.67 bits per heavy atom. The number of hydrogen-bond donors (Lipinski definition) is 0. The molecule has 0 bridgehead atoms. The van der Waals surface area contributed by atoms with E-state index in [1.807, 2.05) is 0 Å². The smallest absolute Gasteiger partial charge is 0.253 e. The van der Waals surface area contributed by atoms with Gasteiger partial charge in [-0.05, 0) is 67.2 Å². The summed E-state index contributed by atoms with van der Waals surface area (Å²) in [5.74, 6) is 1.93. The van der Waals surface area contributed by atoms with E-state index in [4.69, 9.17) is 0 Å². The number of carbonyl (C=O) groups excluding carboxylic acids is 1. The molecule has 2 nitrogen and oxygen atoms in total. The third-order valence-corrected chi connectivity index (χ3v) is 5.92. The van der Waals surface area contributed by atoms with Gasteiger partial charge >= 0.3 is 0 Å². The van der Waals surface area contributed by atoms with Crippen molar-refractivity contribution >= 4 is 5.91 Å². The van der Waals surface area contributed by atoms with Crippen molar-refractivity contribution in [3.8, 4) is 0 Å². The Morgan fingerprint density at radius 2 is 1.76 bits per heavy atom. The number of benzene rings is 1. The van der Waals surface area contributed by atoms with Crippen molar-refractivity contribution in [3.05, 3.63) is 34.9 Å². The summed E-state index contributed by atoms with van der Waals surface area (Å²) in [6, 6.07) is 6.40. The molecule has 0 unspecified atom stereocenters. The molecule has 3 aliphatic rings. The maximum absolute atomic E-state index is 12.8. The van der Waals surface area contributed by atoms with Crippen LogP contribution in [0, 0.1) is 11.8 Å².